The number of phenols is 1. The molecule has 178 valence electrons. The summed E-state index contributed by atoms with van der Waals surface area (Å²) >= 11 is 0. The van der Waals surface area contributed by atoms with E-state index < -0.39 is 5.82 Å². The molecule has 1 aliphatic rings. The third-order valence-corrected chi connectivity index (χ3v) is 6.56. The van der Waals surface area contributed by atoms with Gasteiger partial charge in [0.1, 0.15) is 11.6 Å². The van der Waals surface area contributed by atoms with Crippen molar-refractivity contribution in [2.75, 3.05) is 26.2 Å². The largest absolute Gasteiger partial charge is 0.508 e. The quantitative estimate of drug-likeness (QED) is 0.480. The minimum atomic E-state index is -0.478. The van der Waals surface area contributed by atoms with Crippen molar-refractivity contribution < 1.29 is 14.3 Å². The van der Waals surface area contributed by atoms with Crippen LogP contribution in [-0.4, -0.2) is 47.0 Å². The van der Waals surface area contributed by atoms with Crippen LogP contribution in [0.5, 0.6) is 5.75 Å². The molecule has 4 rings (SSSR count). The third-order valence-electron chi connectivity index (χ3n) is 6.56. The monoisotopic (exact) mass is 460 g/mol. The van der Waals surface area contributed by atoms with Crippen LogP contribution in [0.25, 0.3) is 0 Å². The van der Waals surface area contributed by atoms with Crippen LogP contribution in [0, 0.1) is 17.7 Å². The van der Waals surface area contributed by atoms with Gasteiger partial charge in [-0.2, -0.15) is 0 Å². The SMILES string of the molecule is CC(C)CN(C[C@H]1CN(Cc2ccccc2O)C[C@@H]1c1ccccc1)C(=O)c1ccccc1F. The lowest BCUT2D eigenvalue weighted by atomic mass is 9.88. The zero-order chi connectivity index (χ0) is 24.1. The number of rotatable bonds is 8. The highest BCUT2D eigenvalue weighted by Crippen LogP contribution is 2.35. The average molecular weight is 461 g/mol. The van der Waals surface area contributed by atoms with Crippen LogP contribution in [0.3, 0.4) is 0 Å². The van der Waals surface area contributed by atoms with Gasteiger partial charge >= 0.3 is 0 Å². The highest BCUT2D eigenvalue weighted by molar-refractivity contribution is 5.94. The summed E-state index contributed by atoms with van der Waals surface area (Å²) in [6.07, 6.45) is 0. The molecule has 2 atom stereocenters. The van der Waals surface area contributed by atoms with Crippen LogP contribution in [0.2, 0.25) is 0 Å². The summed E-state index contributed by atoms with van der Waals surface area (Å²) in [6, 6.07) is 24.1. The topological polar surface area (TPSA) is 43.8 Å². The number of carbonyl (C=O) groups is 1. The Hall–Kier alpha value is -3.18. The molecule has 3 aromatic carbocycles. The van der Waals surface area contributed by atoms with Gasteiger partial charge in [0.05, 0.1) is 5.56 Å². The van der Waals surface area contributed by atoms with Crippen molar-refractivity contribution in [3.8, 4) is 5.75 Å². The molecule has 1 amide bonds. The van der Waals surface area contributed by atoms with Crippen LogP contribution >= 0.6 is 0 Å². The number of likely N-dealkylation sites (tertiary alicyclic amines) is 1. The Balaban J connectivity index is 1.59. The standard InChI is InChI=1S/C29H33FN2O2/c1-21(2)16-32(29(34)25-13-7-8-14-27(25)30)19-24-18-31(17-23-12-6-9-15-28(23)33)20-26(24)22-10-4-3-5-11-22/h3-15,21,24,26,33H,16-20H2,1-2H3/t24-,26-/m1/s1. The van der Waals surface area contributed by atoms with E-state index in [9.17, 15) is 14.3 Å². The highest BCUT2D eigenvalue weighted by Gasteiger charge is 2.36. The zero-order valence-electron chi connectivity index (χ0n) is 19.9. The van der Waals surface area contributed by atoms with Crippen molar-refractivity contribution in [2.24, 2.45) is 11.8 Å². The Kier molecular flexibility index (Phi) is 7.63. The molecule has 1 aliphatic heterocycles. The molecule has 0 aliphatic carbocycles. The maximum atomic E-state index is 14.5. The second-order valence-electron chi connectivity index (χ2n) is 9.68. The van der Waals surface area contributed by atoms with Crippen molar-refractivity contribution >= 4 is 5.91 Å². The first-order valence-electron chi connectivity index (χ1n) is 12.0. The van der Waals surface area contributed by atoms with E-state index in [1.165, 1.54) is 11.6 Å². The molecule has 0 spiro atoms. The fourth-order valence-electron chi connectivity index (χ4n) is 5.01. The van der Waals surface area contributed by atoms with Crippen molar-refractivity contribution in [2.45, 2.75) is 26.3 Å². The molecule has 4 nitrogen and oxygen atoms in total. The third kappa shape index (κ3) is 5.65. The number of para-hydroxylation sites is 1. The Morgan fingerprint density at radius 2 is 1.68 bits per heavy atom. The smallest absolute Gasteiger partial charge is 0.256 e. The first-order chi connectivity index (χ1) is 16.4. The van der Waals surface area contributed by atoms with Crippen LogP contribution in [0.4, 0.5) is 4.39 Å². The lowest BCUT2D eigenvalue weighted by molar-refractivity contribution is 0.0698. The molecule has 1 heterocycles. The molecule has 1 N–H and O–H groups in total. The van der Waals surface area contributed by atoms with Gasteiger partial charge in [-0.3, -0.25) is 9.69 Å². The van der Waals surface area contributed by atoms with Gasteiger partial charge in [0.15, 0.2) is 0 Å². The van der Waals surface area contributed by atoms with Crippen LogP contribution in [-0.2, 0) is 6.54 Å². The van der Waals surface area contributed by atoms with Crippen LogP contribution in [0.15, 0.2) is 78.9 Å². The number of halogens is 1. The molecular weight excluding hydrogens is 427 g/mol. The number of benzene rings is 3. The normalized spacial score (nSPS) is 18.4. The van der Waals surface area contributed by atoms with Gasteiger partial charge in [-0.25, -0.2) is 4.39 Å². The summed E-state index contributed by atoms with van der Waals surface area (Å²) in [4.78, 5) is 17.6. The Morgan fingerprint density at radius 3 is 2.38 bits per heavy atom. The molecule has 0 saturated carbocycles. The predicted molar refractivity (Wildman–Crippen MR) is 133 cm³/mol. The van der Waals surface area contributed by atoms with Gasteiger partial charge in [-0.15, -0.1) is 0 Å². The number of hydrogen-bond acceptors (Lipinski definition) is 3. The van der Waals surface area contributed by atoms with Gasteiger partial charge in [0, 0.05) is 44.2 Å². The first kappa shape index (κ1) is 24.0. The summed E-state index contributed by atoms with van der Waals surface area (Å²) in [5, 5.41) is 10.3. The Morgan fingerprint density at radius 1 is 1.00 bits per heavy atom. The van der Waals surface area contributed by atoms with E-state index in [2.05, 4.69) is 43.0 Å². The number of carbonyl (C=O) groups excluding carboxylic acids is 1. The second-order valence-corrected chi connectivity index (χ2v) is 9.68. The molecule has 0 aromatic heterocycles. The van der Waals surface area contributed by atoms with Crippen molar-refractivity contribution in [1.82, 2.24) is 9.80 Å². The second kappa shape index (κ2) is 10.8. The van der Waals surface area contributed by atoms with Crippen molar-refractivity contribution in [1.29, 1.82) is 0 Å². The summed E-state index contributed by atoms with van der Waals surface area (Å²) in [5.41, 5.74) is 2.27. The van der Waals surface area contributed by atoms with Gasteiger partial charge in [-0.05, 0) is 35.6 Å². The Labute approximate surface area is 201 Å². The van der Waals surface area contributed by atoms with E-state index in [1.54, 1.807) is 24.3 Å². The molecule has 5 heteroatoms. The molecule has 0 unspecified atom stereocenters. The van der Waals surface area contributed by atoms with E-state index in [0.29, 0.717) is 25.4 Å². The van der Waals surface area contributed by atoms with Gasteiger partial charge in [-0.1, -0.05) is 74.5 Å². The maximum absolute atomic E-state index is 14.5. The summed E-state index contributed by atoms with van der Waals surface area (Å²) in [6.45, 7) is 7.58. The molecule has 0 radical (unpaired) electrons. The van der Waals surface area contributed by atoms with Gasteiger partial charge < -0.3 is 10.0 Å². The number of aromatic hydroxyl groups is 1. The van der Waals surface area contributed by atoms with Crippen LogP contribution < -0.4 is 0 Å². The van der Waals surface area contributed by atoms with E-state index in [0.717, 1.165) is 18.7 Å². The first-order valence-corrected chi connectivity index (χ1v) is 12.0. The summed E-state index contributed by atoms with van der Waals surface area (Å²) in [7, 11) is 0. The lowest BCUT2D eigenvalue weighted by Gasteiger charge is -2.30. The lowest BCUT2D eigenvalue weighted by Crippen LogP contribution is -2.40. The van der Waals surface area contributed by atoms with Gasteiger partial charge in [0.25, 0.3) is 5.91 Å². The molecule has 1 saturated heterocycles. The fraction of sp³-hybridized carbons (Fsp3) is 0.345. The average Bonchev–Trinajstić information content (AvgIpc) is 3.22. The number of phenolic OH excluding ortho intramolecular Hbond substituents is 1. The predicted octanol–water partition coefficient (Wildman–Crippen LogP) is 5.55. The van der Waals surface area contributed by atoms with E-state index in [4.69, 9.17) is 0 Å². The summed E-state index contributed by atoms with van der Waals surface area (Å²) in [5.74, 6) is 0.284. The van der Waals surface area contributed by atoms with Crippen LogP contribution in [0.1, 0.15) is 41.3 Å². The van der Waals surface area contributed by atoms with Crippen molar-refractivity contribution in [3.63, 3.8) is 0 Å². The number of nitrogens with zero attached hydrogens (tertiary/aromatic N) is 2. The van der Waals surface area contributed by atoms with E-state index >= 15 is 0 Å². The molecule has 34 heavy (non-hydrogen) atoms. The summed E-state index contributed by atoms with van der Waals surface area (Å²) < 4.78 is 14.5. The molecule has 3 aromatic rings. The van der Waals surface area contributed by atoms with Gasteiger partial charge in [0.2, 0.25) is 0 Å². The number of amides is 1. The van der Waals surface area contributed by atoms with E-state index in [-0.39, 0.29) is 29.2 Å². The highest BCUT2D eigenvalue weighted by atomic mass is 19.1. The minimum Gasteiger partial charge on any atom is -0.508 e. The zero-order valence-corrected chi connectivity index (χ0v) is 19.9. The fourth-order valence-corrected chi connectivity index (χ4v) is 5.01. The van der Waals surface area contributed by atoms with E-state index in [1.807, 2.05) is 29.2 Å². The molecule has 0 bridgehead atoms. The number of hydrogen-bond donors (Lipinski definition) is 1. The molecular formula is C29H33FN2O2. The minimum absolute atomic E-state index is 0.128. The van der Waals surface area contributed by atoms with Crippen molar-refractivity contribution in [3.05, 3.63) is 101 Å². The maximum Gasteiger partial charge on any atom is 0.256 e. The Bertz CT molecular complexity index is 1100. The molecule has 1 fully saturated rings.